The van der Waals surface area contributed by atoms with E-state index < -0.39 is 0 Å². The van der Waals surface area contributed by atoms with E-state index in [1.54, 1.807) is 12.5 Å². The number of nitrogens with zero attached hydrogens (tertiary/aromatic N) is 5. The van der Waals surface area contributed by atoms with Crippen molar-refractivity contribution < 1.29 is 4.74 Å². The van der Waals surface area contributed by atoms with Crippen molar-refractivity contribution in [1.82, 2.24) is 24.7 Å². The molecule has 1 fully saturated rings. The number of aryl methyl sites for hydroxylation is 1. The van der Waals surface area contributed by atoms with E-state index in [2.05, 4.69) is 75.5 Å². The summed E-state index contributed by atoms with van der Waals surface area (Å²) in [5.74, 6) is 1.31. The maximum atomic E-state index is 5.97. The van der Waals surface area contributed by atoms with Crippen LogP contribution in [-0.4, -0.2) is 24.7 Å². The van der Waals surface area contributed by atoms with Gasteiger partial charge in [-0.25, -0.2) is 15.0 Å². The average Bonchev–Trinajstić information content (AvgIpc) is 3.29. The molecule has 150 valence electrons. The fourth-order valence-corrected chi connectivity index (χ4v) is 4.06. The third-order valence-corrected chi connectivity index (χ3v) is 5.93. The van der Waals surface area contributed by atoms with Crippen molar-refractivity contribution in [1.29, 1.82) is 0 Å². The van der Waals surface area contributed by atoms with Crippen LogP contribution in [0.15, 0.2) is 73.4 Å². The molecule has 0 spiro atoms. The molecule has 6 nitrogen and oxygen atoms in total. The Kier molecular flexibility index (Phi) is 4.75. The van der Waals surface area contributed by atoms with Crippen LogP contribution in [0.25, 0.3) is 5.95 Å². The molecule has 2 aromatic carbocycles. The van der Waals surface area contributed by atoms with Gasteiger partial charge in [0.2, 0.25) is 0 Å². The smallest absolute Gasteiger partial charge is 0.252 e. The van der Waals surface area contributed by atoms with E-state index in [1.165, 1.54) is 47.0 Å². The van der Waals surface area contributed by atoms with E-state index >= 15 is 0 Å². The zero-order chi connectivity index (χ0) is 20.4. The predicted molar refractivity (Wildman–Crippen MR) is 114 cm³/mol. The summed E-state index contributed by atoms with van der Waals surface area (Å²) in [6.07, 6.45) is 8.40. The van der Waals surface area contributed by atoms with Crippen LogP contribution in [0.2, 0.25) is 0 Å². The molecular formula is C24H23N5O. The molecule has 6 heteroatoms. The summed E-state index contributed by atoms with van der Waals surface area (Å²) >= 11 is 0. The molecule has 2 heterocycles. The standard InChI is InChI=1S/C24H23N5O/c1-18-3-5-19(6-4-18)24(12-2-13-24)20-7-9-22(10-8-20)30-15-21-11-14-26-23(28-21)29-17-25-16-27-29/h3-11,14,16-17H,2,12-13,15H2,1H3. The molecule has 0 N–H and O–H groups in total. The summed E-state index contributed by atoms with van der Waals surface area (Å²) in [7, 11) is 0. The van der Waals surface area contributed by atoms with Crippen molar-refractivity contribution in [3.8, 4) is 11.7 Å². The number of rotatable bonds is 6. The first-order chi connectivity index (χ1) is 14.7. The maximum absolute atomic E-state index is 5.97. The Morgan fingerprint density at radius 2 is 1.70 bits per heavy atom. The lowest BCUT2D eigenvalue weighted by molar-refractivity contribution is 0.294. The summed E-state index contributed by atoms with van der Waals surface area (Å²) in [6, 6.07) is 19.3. The molecule has 1 aliphatic carbocycles. The van der Waals surface area contributed by atoms with Gasteiger partial charge in [0.05, 0.1) is 5.69 Å². The normalized spacial score (nSPS) is 14.8. The second kappa shape index (κ2) is 7.71. The lowest BCUT2D eigenvalue weighted by atomic mass is 9.60. The first-order valence-corrected chi connectivity index (χ1v) is 10.2. The van der Waals surface area contributed by atoms with Crippen molar-refractivity contribution in [3.05, 3.63) is 95.8 Å². The summed E-state index contributed by atoms with van der Waals surface area (Å²) in [5, 5.41) is 4.06. The minimum Gasteiger partial charge on any atom is -0.487 e. The number of hydrogen-bond acceptors (Lipinski definition) is 5. The topological polar surface area (TPSA) is 65.7 Å². The number of hydrogen-bond donors (Lipinski definition) is 0. The Bertz CT molecular complexity index is 1120. The molecule has 0 aliphatic heterocycles. The zero-order valence-electron chi connectivity index (χ0n) is 16.9. The van der Waals surface area contributed by atoms with Crippen molar-refractivity contribution >= 4 is 0 Å². The highest BCUT2D eigenvalue weighted by molar-refractivity contribution is 5.44. The summed E-state index contributed by atoms with van der Waals surface area (Å²) in [5.41, 5.74) is 5.00. The van der Waals surface area contributed by atoms with E-state index in [0.29, 0.717) is 12.6 Å². The first kappa shape index (κ1) is 18.5. The average molecular weight is 397 g/mol. The van der Waals surface area contributed by atoms with Crippen LogP contribution in [0.5, 0.6) is 5.75 Å². The Balaban J connectivity index is 1.30. The van der Waals surface area contributed by atoms with Gasteiger partial charge in [0, 0.05) is 11.6 Å². The summed E-state index contributed by atoms with van der Waals surface area (Å²) in [4.78, 5) is 12.6. The molecule has 1 aliphatic rings. The van der Waals surface area contributed by atoms with Gasteiger partial charge >= 0.3 is 0 Å². The van der Waals surface area contributed by atoms with Gasteiger partial charge in [-0.2, -0.15) is 9.78 Å². The molecule has 0 amide bonds. The second-order valence-corrected chi connectivity index (χ2v) is 7.80. The second-order valence-electron chi connectivity index (χ2n) is 7.80. The number of aromatic nitrogens is 5. The highest BCUT2D eigenvalue weighted by atomic mass is 16.5. The monoisotopic (exact) mass is 397 g/mol. The zero-order valence-corrected chi connectivity index (χ0v) is 16.9. The number of benzene rings is 2. The Hall–Kier alpha value is -3.54. The van der Waals surface area contributed by atoms with E-state index in [9.17, 15) is 0 Å². The minimum atomic E-state index is 0.144. The van der Waals surface area contributed by atoms with Gasteiger partial charge < -0.3 is 4.74 Å². The van der Waals surface area contributed by atoms with Crippen LogP contribution in [0.1, 0.15) is 41.6 Å². The van der Waals surface area contributed by atoms with Crippen LogP contribution in [0, 0.1) is 6.92 Å². The van der Waals surface area contributed by atoms with Crippen LogP contribution >= 0.6 is 0 Å². The quantitative estimate of drug-likeness (QED) is 0.482. The van der Waals surface area contributed by atoms with E-state index in [0.717, 1.165) is 11.4 Å². The van der Waals surface area contributed by atoms with Crippen molar-refractivity contribution in [2.75, 3.05) is 0 Å². The third kappa shape index (κ3) is 3.45. The van der Waals surface area contributed by atoms with Gasteiger partial charge in [-0.1, -0.05) is 48.4 Å². The van der Waals surface area contributed by atoms with E-state index in [4.69, 9.17) is 4.74 Å². The molecule has 30 heavy (non-hydrogen) atoms. The van der Waals surface area contributed by atoms with Crippen LogP contribution in [-0.2, 0) is 12.0 Å². The largest absolute Gasteiger partial charge is 0.487 e. The van der Waals surface area contributed by atoms with Crippen LogP contribution in [0.3, 0.4) is 0 Å². The van der Waals surface area contributed by atoms with Crippen molar-refractivity contribution in [2.24, 2.45) is 0 Å². The first-order valence-electron chi connectivity index (χ1n) is 10.2. The molecular weight excluding hydrogens is 374 g/mol. The Morgan fingerprint density at radius 3 is 2.33 bits per heavy atom. The highest BCUT2D eigenvalue weighted by Crippen LogP contribution is 2.49. The van der Waals surface area contributed by atoms with Gasteiger partial charge in [-0.05, 0) is 49.1 Å². The molecule has 4 aromatic rings. The molecule has 0 bridgehead atoms. The SMILES string of the molecule is Cc1ccc(C2(c3ccc(OCc4ccnc(-n5cncn5)n4)cc3)CCC2)cc1. The van der Waals surface area contributed by atoms with Gasteiger partial charge in [0.15, 0.2) is 0 Å². The molecule has 0 unspecified atom stereocenters. The van der Waals surface area contributed by atoms with Gasteiger partial charge in [-0.3, -0.25) is 0 Å². The van der Waals surface area contributed by atoms with Crippen molar-refractivity contribution in [3.63, 3.8) is 0 Å². The molecule has 1 saturated carbocycles. The fraction of sp³-hybridized carbons (Fsp3) is 0.250. The van der Waals surface area contributed by atoms with E-state index in [-0.39, 0.29) is 5.41 Å². The fourth-order valence-electron chi connectivity index (χ4n) is 4.06. The van der Waals surface area contributed by atoms with Crippen LogP contribution in [0.4, 0.5) is 0 Å². The predicted octanol–water partition coefficient (Wildman–Crippen LogP) is 4.41. The molecule has 5 rings (SSSR count). The van der Waals surface area contributed by atoms with E-state index in [1.807, 2.05) is 6.07 Å². The molecule has 0 saturated heterocycles. The molecule has 0 radical (unpaired) electrons. The lowest BCUT2D eigenvalue weighted by Gasteiger charge is -2.43. The summed E-state index contributed by atoms with van der Waals surface area (Å²) in [6.45, 7) is 2.50. The van der Waals surface area contributed by atoms with Gasteiger partial charge in [-0.15, -0.1) is 0 Å². The Labute approximate surface area is 175 Å². The lowest BCUT2D eigenvalue weighted by Crippen LogP contribution is -2.35. The third-order valence-electron chi connectivity index (χ3n) is 5.93. The van der Waals surface area contributed by atoms with Crippen LogP contribution < -0.4 is 4.74 Å². The van der Waals surface area contributed by atoms with Gasteiger partial charge in [0.1, 0.15) is 25.0 Å². The summed E-state index contributed by atoms with van der Waals surface area (Å²) < 4.78 is 7.50. The maximum Gasteiger partial charge on any atom is 0.252 e. The number of ether oxygens (including phenoxy) is 1. The molecule has 2 aromatic heterocycles. The minimum absolute atomic E-state index is 0.144. The van der Waals surface area contributed by atoms with Crippen molar-refractivity contribution in [2.45, 2.75) is 38.2 Å². The van der Waals surface area contributed by atoms with Gasteiger partial charge in [0.25, 0.3) is 5.95 Å². The Morgan fingerprint density at radius 1 is 0.967 bits per heavy atom. The molecule has 0 atom stereocenters. The highest BCUT2D eigenvalue weighted by Gasteiger charge is 2.40.